The summed E-state index contributed by atoms with van der Waals surface area (Å²) in [6, 6.07) is 9.91. The summed E-state index contributed by atoms with van der Waals surface area (Å²) in [7, 11) is 0. The van der Waals surface area contributed by atoms with E-state index in [1.54, 1.807) is 0 Å². The minimum absolute atomic E-state index is 0.0129. The van der Waals surface area contributed by atoms with Gasteiger partial charge in [0.2, 0.25) is 0 Å². The molecule has 1 N–H and O–H groups in total. The lowest BCUT2D eigenvalue weighted by atomic mass is 10.0. The molecule has 1 atom stereocenters. The third kappa shape index (κ3) is 2.80. The highest BCUT2D eigenvalue weighted by molar-refractivity contribution is 5.82. The molecule has 0 aliphatic carbocycles. The van der Waals surface area contributed by atoms with E-state index in [0.29, 0.717) is 32.0 Å². The van der Waals surface area contributed by atoms with Gasteiger partial charge in [0.1, 0.15) is 5.78 Å². The monoisotopic (exact) mass is 205 g/mol. The number of rotatable bonds is 3. The van der Waals surface area contributed by atoms with E-state index in [2.05, 4.69) is 5.32 Å². The Morgan fingerprint density at radius 2 is 2.13 bits per heavy atom. The number of Topliss-reactive ketones (excluding diaryl/α,β-unsaturated/α-hetero) is 1. The minimum Gasteiger partial charge on any atom is -0.384 e. The van der Waals surface area contributed by atoms with Crippen molar-refractivity contribution >= 4 is 11.5 Å². The molecule has 1 aliphatic heterocycles. The zero-order valence-electron chi connectivity index (χ0n) is 8.61. The Morgan fingerprint density at radius 1 is 1.33 bits per heavy atom. The second-order valence-corrected chi connectivity index (χ2v) is 3.74. The van der Waals surface area contributed by atoms with Gasteiger partial charge in [-0.1, -0.05) is 18.2 Å². The number of ketones is 1. The molecular weight excluding hydrogens is 190 g/mol. The Hall–Kier alpha value is -1.35. The predicted octanol–water partition coefficient (Wildman–Crippen LogP) is 1.70. The van der Waals surface area contributed by atoms with E-state index < -0.39 is 0 Å². The number of hydrogen-bond acceptors (Lipinski definition) is 3. The van der Waals surface area contributed by atoms with E-state index in [-0.39, 0.29) is 5.92 Å². The molecular formula is C12H15NO2. The molecule has 0 unspecified atom stereocenters. The van der Waals surface area contributed by atoms with E-state index in [1.165, 1.54) is 0 Å². The summed E-state index contributed by atoms with van der Waals surface area (Å²) in [5, 5.41) is 3.24. The number of hydrogen-bond donors (Lipinski definition) is 1. The quantitative estimate of drug-likeness (QED) is 0.816. The second-order valence-electron chi connectivity index (χ2n) is 3.74. The summed E-state index contributed by atoms with van der Waals surface area (Å²) in [6.07, 6.45) is 0.557. The number of nitrogens with one attached hydrogen (secondary N) is 1. The van der Waals surface area contributed by atoms with E-state index in [4.69, 9.17) is 4.74 Å². The van der Waals surface area contributed by atoms with E-state index in [1.807, 2.05) is 30.3 Å². The van der Waals surface area contributed by atoms with Crippen LogP contribution in [0.5, 0.6) is 0 Å². The minimum atomic E-state index is 0.0129. The largest absolute Gasteiger partial charge is 0.384 e. The van der Waals surface area contributed by atoms with Gasteiger partial charge in [-0.05, 0) is 12.1 Å². The van der Waals surface area contributed by atoms with Gasteiger partial charge in [0.15, 0.2) is 0 Å². The third-order valence-corrected chi connectivity index (χ3v) is 2.59. The molecule has 80 valence electrons. The van der Waals surface area contributed by atoms with Gasteiger partial charge in [-0.15, -0.1) is 0 Å². The average molecular weight is 205 g/mol. The van der Waals surface area contributed by atoms with Crippen LogP contribution in [-0.4, -0.2) is 25.5 Å². The summed E-state index contributed by atoms with van der Waals surface area (Å²) >= 11 is 0. The molecule has 1 saturated heterocycles. The summed E-state index contributed by atoms with van der Waals surface area (Å²) in [4.78, 5) is 11.5. The van der Waals surface area contributed by atoms with Crippen LogP contribution < -0.4 is 5.32 Å². The SMILES string of the molecule is O=C1CCOC[C@H]1CNc1ccccc1. The zero-order valence-corrected chi connectivity index (χ0v) is 8.61. The summed E-state index contributed by atoms with van der Waals surface area (Å²) in [5.41, 5.74) is 1.05. The molecule has 0 bridgehead atoms. The van der Waals surface area contributed by atoms with Crippen molar-refractivity contribution in [3.05, 3.63) is 30.3 Å². The number of ether oxygens (including phenoxy) is 1. The normalized spacial score (nSPS) is 21.3. The molecule has 3 nitrogen and oxygen atoms in total. The van der Waals surface area contributed by atoms with Crippen LogP contribution in [-0.2, 0) is 9.53 Å². The van der Waals surface area contributed by atoms with Crippen LogP contribution in [0.1, 0.15) is 6.42 Å². The maximum absolute atomic E-state index is 11.5. The van der Waals surface area contributed by atoms with Crippen molar-refractivity contribution in [1.29, 1.82) is 0 Å². The van der Waals surface area contributed by atoms with Crippen LogP contribution in [0.25, 0.3) is 0 Å². The first-order valence-electron chi connectivity index (χ1n) is 5.25. The van der Waals surface area contributed by atoms with Gasteiger partial charge in [-0.2, -0.15) is 0 Å². The molecule has 2 rings (SSSR count). The van der Waals surface area contributed by atoms with Crippen molar-refractivity contribution in [2.45, 2.75) is 6.42 Å². The van der Waals surface area contributed by atoms with Crippen LogP contribution in [0, 0.1) is 5.92 Å². The van der Waals surface area contributed by atoms with Gasteiger partial charge in [0, 0.05) is 18.7 Å². The lowest BCUT2D eigenvalue weighted by molar-refractivity contribution is -0.129. The third-order valence-electron chi connectivity index (χ3n) is 2.59. The fraction of sp³-hybridized carbons (Fsp3) is 0.417. The molecule has 1 aliphatic rings. The first-order chi connectivity index (χ1) is 7.36. The Bertz CT molecular complexity index is 324. The molecule has 3 heteroatoms. The van der Waals surface area contributed by atoms with Crippen molar-refractivity contribution < 1.29 is 9.53 Å². The fourth-order valence-electron chi connectivity index (χ4n) is 1.67. The summed E-state index contributed by atoms with van der Waals surface area (Å²) < 4.78 is 5.28. The summed E-state index contributed by atoms with van der Waals surface area (Å²) in [5.74, 6) is 0.323. The standard InChI is InChI=1S/C12H15NO2/c14-12-6-7-15-9-10(12)8-13-11-4-2-1-3-5-11/h1-5,10,13H,6-9H2/t10-/m1/s1. The van der Waals surface area contributed by atoms with E-state index >= 15 is 0 Å². The van der Waals surface area contributed by atoms with Crippen LogP contribution in [0.4, 0.5) is 5.69 Å². The molecule has 0 amide bonds. The number of benzene rings is 1. The molecule has 0 spiro atoms. The Kier molecular flexibility index (Phi) is 3.35. The van der Waals surface area contributed by atoms with Gasteiger partial charge in [-0.3, -0.25) is 4.79 Å². The maximum atomic E-state index is 11.5. The van der Waals surface area contributed by atoms with Crippen LogP contribution in [0.2, 0.25) is 0 Å². The van der Waals surface area contributed by atoms with Crippen LogP contribution in [0.3, 0.4) is 0 Å². The van der Waals surface area contributed by atoms with Crippen molar-refractivity contribution in [3.8, 4) is 0 Å². The number of anilines is 1. The first-order valence-corrected chi connectivity index (χ1v) is 5.25. The molecule has 1 aromatic rings. The Morgan fingerprint density at radius 3 is 2.87 bits per heavy atom. The smallest absolute Gasteiger partial charge is 0.142 e. The molecule has 1 aromatic carbocycles. The lowest BCUT2D eigenvalue weighted by Gasteiger charge is -2.21. The predicted molar refractivity (Wildman–Crippen MR) is 58.9 cm³/mol. The maximum Gasteiger partial charge on any atom is 0.142 e. The van der Waals surface area contributed by atoms with Gasteiger partial charge >= 0.3 is 0 Å². The molecule has 0 radical (unpaired) electrons. The van der Waals surface area contributed by atoms with Crippen molar-refractivity contribution in [2.75, 3.05) is 25.1 Å². The topological polar surface area (TPSA) is 38.3 Å². The van der Waals surface area contributed by atoms with Crippen molar-refractivity contribution in [3.63, 3.8) is 0 Å². The molecule has 0 saturated carbocycles. The molecule has 1 fully saturated rings. The van der Waals surface area contributed by atoms with E-state index in [9.17, 15) is 4.79 Å². The lowest BCUT2D eigenvalue weighted by Crippen LogP contribution is -2.32. The van der Waals surface area contributed by atoms with Crippen molar-refractivity contribution in [2.24, 2.45) is 5.92 Å². The number of para-hydroxylation sites is 1. The molecule has 15 heavy (non-hydrogen) atoms. The molecule has 1 heterocycles. The van der Waals surface area contributed by atoms with Crippen molar-refractivity contribution in [1.82, 2.24) is 0 Å². The highest BCUT2D eigenvalue weighted by atomic mass is 16.5. The number of carbonyl (C=O) groups excluding carboxylic acids is 1. The highest BCUT2D eigenvalue weighted by Crippen LogP contribution is 2.12. The zero-order chi connectivity index (χ0) is 10.5. The number of carbonyl (C=O) groups is 1. The first kappa shape index (κ1) is 10.2. The highest BCUT2D eigenvalue weighted by Gasteiger charge is 2.22. The Labute approximate surface area is 89.4 Å². The van der Waals surface area contributed by atoms with Gasteiger partial charge in [-0.25, -0.2) is 0 Å². The van der Waals surface area contributed by atoms with E-state index in [0.717, 1.165) is 5.69 Å². The fourth-order valence-corrected chi connectivity index (χ4v) is 1.67. The van der Waals surface area contributed by atoms with Gasteiger partial charge < -0.3 is 10.1 Å². The van der Waals surface area contributed by atoms with Gasteiger partial charge in [0.05, 0.1) is 19.1 Å². The van der Waals surface area contributed by atoms with Crippen LogP contribution in [0.15, 0.2) is 30.3 Å². The summed E-state index contributed by atoms with van der Waals surface area (Å²) in [6.45, 7) is 1.81. The van der Waals surface area contributed by atoms with Crippen LogP contribution >= 0.6 is 0 Å². The Balaban J connectivity index is 1.85. The second kappa shape index (κ2) is 4.94. The van der Waals surface area contributed by atoms with Gasteiger partial charge in [0.25, 0.3) is 0 Å². The molecule has 0 aromatic heterocycles. The average Bonchev–Trinajstić information content (AvgIpc) is 2.29.